The van der Waals surface area contributed by atoms with Crippen LogP contribution in [0, 0.1) is 11.3 Å². The minimum atomic E-state index is -0.444. The number of nitrogens with two attached hydrogens (primary N) is 1. The average molecular weight is 313 g/mol. The van der Waals surface area contributed by atoms with E-state index in [2.05, 4.69) is 42.2 Å². The molecule has 1 atom stereocenters. The zero-order valence-electron chi connectivity index (χ0n) is 13.7. The number of fused-ring (bicyclic) bond motifs is 1. The molecular formula is C18H22FN4-. The van der Waals surface area contributed by atoms with E-state index in [1.165, 1.54) is 18.2 Å². The molecule has 0 radical (unpaired) electrons. The van der Waals surface area contributed by atoms with E-state index >= 15 is 0 Å². The molecule has 0 aliphatic heterocycles. The molecular weight excluding hydrogens is 291 g/mol. The molecule has 122 valence electrons. The van der Waals surface area contributed by atoms with Gasteiger partial charge in [0.1, 0.15) is 5.83 Å². The number of hydrogen-bond donors (Lipinski definition) is 2. The molecule has 1 aliphatic rings. The lowest BCUT2D eigenvalue weighted by Crippen LogP contribution is -2.18. The lowest BCUT2D eigenvalue weighted by molar-refractivity contribution is 0.337. The molecule has 4 nitrogen and oxygen atoms in total. The summed E-state index contributed by atoms with van der Waals surface area (Å²) in [6.45, 7) is 6.77. The Hall–Kier alpha value is -2.14. The summed E-state index contributed by atoms with van der Waals surface area (Å²) in [7, 11) is 0. The van der Waals surface area contributed by atoms with Crippen molar-refractivity contribution in [3.8, 4) is 0 Å². The fraction of sp³-hybridized carbons (Fsp3) is 0.389. The zero-order valence-corrected chi connectivity index (χ0v) is 13.7. The number of rotatable bonds is 3. The number of hydrazine groups is 1. The molecule has 3 rings (SSSR count). The molecule has 0 aromatic carbocycles. The van der Waals surface area contributed by atoms with Crippen molar-refractivity contribution in [2.45, 2.75) is 33.6 Å². The third kappa shape index (κ3) is 3.15. The highest BCUT2D eigenvalue weighted by Crippen LogP contribution is 2.41. The van der Waals surface area contributed by atoms with Crippen LogP contribution in [0.25, 0.3) is 22.4 Å². The monoisotopic (exact) mass is 313 g/mol. The number of hydrogen-bond acceptors (Lipinski definition) is 3. The fourth-order valence-corrected chi connectivity index (χ4v) is 3.61. The summed E-state index contributed by atoms with van der Waals surface area (Å²) in [5.74, 6) is 5.34. The molecule has 3 N–H and O–H groups in total. The highest BCUT2D eigenvalue weighted by molar-refractivity contribution is 5.90. The molecule has 5 heteroatoms. The van der Waals surface area contributed by atoms with Crippen LogP contribution >= 0.6 is 0 Å². The Kier molecular flexibility index (Phi) is 3.98. The molecule has 2 heterocycles. The van der Waals surface area contributed by atoms with Gasteiger partial charge in [-0.05, 0) is 46.8 Å². The molecule has 23 heavy (non-hydrogen) atoms. The van der Waals surface area contributed by atoms with E-state index in [4.69, 9.17) is 5.84 Å². The number of nitrogens with one attached hydrogen (secondary N) is 1. The van der Waals surface area contributed by atoms with Crippen molar-refractivity contribution in [1.29, 1.82) is 0 Å². The minimum Gasteiger partial charge on any atom is -0.442 e. The van der Waals surface area contributed by atoms with Gasteiger partial charge in [-0.25, -0.2) is 4.39 Å². The summed E-state index contributed by atoms with van der Waals surface area (Å²) >= 11 is 0. The van der Waals surface area contributed by atoms with Gasteiger partial charge in [0.25, 0.3) is 0 Å². The van der Waals surface area contributed by atoms with Gasteiger partial charge in [-0.15, -0.1) is 0 Å². The number of pyridine rings is 1. The first-order valence-corrected chi connectivity index (χ1v) is 7.85. The van der Waals surface area contributed by atoms with E-state index in [-0.39, 0.29) is 5.41 Å². The Balaban J connectivity index is 2.08. The smallest absolute Gasteiger partial charge is 0.147 e. The van der Waals surface area contributed by atoms with Gasteiger partial charge in [-0.3, -0.25) is 5.84 Å². The molecule has 0 spiro atoms. The van der Waals surface area contributed by atoms with Crippen LogP contribution < -0.4 is 16.3 Å². The van der Waals surface area contributed by atoms with E-state index < -0.39 is 5.83 Å². The van der Waals surface area contributed by atoms with Crippen molar-refractivity contribution in [3.05, 3.63) is 41.9 Å². The average Bonchev–Trinajstić information content (AvgIpc) is 2.88. The van der Waals surface area contributed by atoms with Crippen LogP contribution in [0.2, 0.25) is 0 Å². The van der Waals surface area contributed by atoms with Gasteiger partial charge in [0.15, 0.2) is 0 Å². The number of aromatic nitrogens is 2. The largest absolute Gasteiger partial charge is 0.442 e. The Morgan fingerprint density at radius 3 is 3.00 bits per heavy atom. The maximum Gasteiger partial charge on any atom is 0.147 e. The normalized spacial score (nSPS) is 21.3. The molecule has 1 aliphatic carbocycles. The summed E-state index contributed by atoms with van der Waals surface area (Å²) < 4.78 is 14.1. The summed E-state index contributed by atoms with van der Waals surface area (Å²) in [6, 6.07) is 1.98. The first-order chi connectivity index (χ1) is 10.9. The van der Waals surface area contributed by atoms with Crippen LogP contribution in [-0.4, -0.2) is 4.98 Å². The molecule has 0 saturated heterocycles. The van der Waals surface area contributed by atoms with E-state index in [1.54, 1.807) is 0 Å². The summed E-state index contributed by atoms with van der Waals surface area (Å²) in [5, 5.41) is 0.712. The SMILES string of the molecule is CC1CC(c2cnc3[n-]cc(/C(F)=C/NN)c3c2)=CC(C)(C)C1. The van der Waals surface area contributed by atoms with E-state index in [0.717, 1.165) is 18.2 Å². The molecule has 2 aromatic heterocycles. The van der Waals surface area contributed by atoms with Crippen molar-refractivity contribution < 1.29 is 4.39 Å². The molecule has 1 unspecified atom stereocenters. The lowest BCUT2D eigenvalue weighted by atomic mass is 9.73. The van der Waals surface area contributed by atoms with Gasteiger partial charge in [-0.1, -0.05) is 44.9 Å². The van der Waals surface area contributed by atoms with Gasteiger partial charge in [-0.2, -0.15) is 0 Å². The van der Waals surface area contributed by atoms with E-state index in [0.29, 0.717) is 22.5 Å². The molecule has 0 saturated carbocycles. The Morgan fingerprint density at radius 2 is 2.30 bits per heavy atom. The van der Waals surface area contributed by atoms with E-state index in [1.807, 2.05) is 12.3 Å². The zero-order chi connectivity index (χ0) is 16.6. The predicted molar refractivity (Wildman–Crippen MR) is 91.6 cm³/mol. The highest BCUT2D eigenvalue weighted by Gasteiger charge is 2.25. The van der Waals surface area contributed by atoms with Crippen LogP contribution in [0.4, 0.5) is 4.39 Å². The maximum absolute atomic E-state index is 14.1. The number of nitrogens with zero attached hydrogens (tertiary/aromatic N) is 2. The van der Waals surface area contributed by atoms with Gasteiger partial charge >= 0.3 is 0 Å². The van der Waals surface area contributed by atoms with Crippen LogP contribution in [-0.2, 0) is 0 Å². The molecule has 0 fully saturated rings. The van der Waals surface area contributed by atoms with Crippen LogP contribution in [0.3, 0.4) is 0 Å². The van der Waals surface area contributed by atoms with Gasteiger partial charge < -0.3 is 15.4 Å². The standard InChI is InChI=1S/C18H22FN4/c1-11-4-12(7-18(2,3)6-11)13-5-14-15(16(19)10-23-20)9-22-17(14)21-8-13/h5,7-11,23H,4,6,20H2,1-3H3/q-1/b16-10-. The van der Waals surface area contributed by atoms with Gasteiger partial charge in [0.05, 0.1) is 0 Å². The molecule has 0 amide bonds. The highest BCUT2D eigenvalue weighted by atomic mass is 19.1. The fourth-order valence-electron chi connectivity index (χ4n) is 3.61. The van der Waals surface area contributed by atoms with Crippen molar-refractivity contribution in [2.24, 2.45) is 17.2 Å². The number of allylic oxidation sites excluding steroid dienone is 2. The minimum absolute atomic E-state index is 0.170. The number of halogens is 1. The Labute approximate surface area is 135 Å². The van der Waals surface area contributed by atoms with Crippen molar-refractivity contribution in [3.63, 3.8) is 0 Å². The third-order valence-corrected chi connectivity index (χ3v) is 4.32. The summed E-state index contributed by atoms with van der Waals surface area (Å²) in [4.78, 5) is 8.57. The lowest BCUT2D eigenvalue weighted by Gasteiger charge is -2.32. The van der Waals surface area contributed by atoms with Crippen LogP contribution in [0.5, 0.6) is 0 Å². The Morgan fingerprint density at radius 1 is 1.52 bits per heavy atom. The maximum atomic E-state index is 14.1. The van der Waals surface area contributed by atoms with Crippen molar-refractivity contribution in [1.82, 2.24) is 15.4 Å². The summed E-state index contributed by atoms with van der Waals surface area (Å²) in [6.07, 6.45) is 8.96. The quantitative estimate of drug-likeness (QED) is 0.669. The van der Waals surface area contributed by atoms with Crippen molar-refractivity contribution >= 4 is 22.4 Å². The summed E-state index contributed by atoms with van der Waals surface area (Å²) in [5.41, 5.74) is 5.67. The predicted octanol–water partition coefficient (Wildman–Crippen LogP) is 3.76. The topological polar surface area (TPSA) is 65.0 Å². The van der Waals surface area contributed by atoms with Crippen molar-refractivity contribution in [2.75, 3.05) is 0 Å². The first kappa shape index (κ1) is 15.7. The third-order valence-electron chi connectivity index (χ3n) is 4.32. The molecule has 2 aromatic rings. The second-order valence-electron chi connectivity index (χ2n) is 7.10. The first-order valence-electron chi connectivity index (χ1n) is 7.85. The second-order valence-corrected chi connectivity index (χ2v) is 7.10. The Bertz CT molecular complexity index is 785. The second kappa shape index (κ2) is 5.81. The van der Waals surface area contributed by atoms with Gasteiger partial charge in [0, 0.05) is 11.8 Å². The molecule has 0 bridgehead atoms. The van der Waals surface area contributed by atoms with Gasteiger partial charge in [0.2, 0.25) is 0 Å². The van der Waals surface area contributed by atoms with Crippen LogP contribution in [0.15, 0.2) is 30.7 Å². The van der Waals surface area contributed by atoms with Crippen LogP contribution in [0.1, 0.15) is 44.7 Å². The van der Waals surface area contributed by atoms with E-state index in [9.17, 15) is 4.39 Å².